The van der Waals surface area contributed by atoms with E-state index < -0.39 is 12.1 Å². The normalized spacial score (nSPS) is 17.9. The van der Waals surface area contributed by atoms with Gasteiger partial charge < -0.3 is 26.2 Å². The lowest BCUT2D eigenvalue weighted by atomic mass is 9.99. The van der Waals surface area contributed by atoms with E-state index in [1.165, 1.54) is 16.2 Å². The zero-order valence-corrected chi connectivity index (χ0v) is 33.5. The molecule has 55 heavy (non-hydrogen) atoms. The molecule has 1 fully saturated rings. The van der Waals surface area contributed by atoms with Gasteiger partial charge in [0.2, 0.25) is 17.7 Å². The zero-order chi connectivity index (χ0) is 38.8. The summed E-state index contributed by atoms with van der Waals surface area (Å²) >= 11 is 9.34. The van der Waals surface area contributed by atoms with Crippen LogP contribution in [0.1, 0.15) is 98.6 Å². The van der Waals surface area contributed by atoms with Crippen LogP contribution in [0.5, 0.6) is 0 Å². The molecule has 1 aromatic carbocycles. The molecule has 1 saturated heterocycles. The van der Waals surface area contributed by atoms with Crippen molar-refractivity contribution in [2.24, 2.45) is 4.99 Å². The van der Waals surface area contributed by atoms with Gasteiger partial charge in [0, 0.05) is 50.1 Å². The van der Waals surface area contributed by atoms with Crippen molar-refractivity contribution in [3.8, 4) is 5.00 Å². The molecule has 4 amide bonds. The van der Waals surface area contributed by atoms with E-state index >= 15 is 0 Å². The highest BCUT2D eigenvalue weighted by Gasteiger charge is 2.39. The minimum Gasteiger partial charge on any atom is -0.356 e. The fraction of sp³-hybridized carbons (Fsp3) is 0.410. The number of aromatic nitrogens is 3. The molecule has 2 atom stereocenters. The highest BCUT2D eigenvalue weighted by molar-refractivity contribution is 7.15. The van der Waals surface area contributed by atoms with E-state index in [1.54, 1.807) is 16.2 Å². The molecule has 3 aliphatic rings. The SMILES string of the molecule is C=C1CCCC(N2Cc3c(csc3CNC(=O)CNCCCCNC(=O)C[C@@H]3N=C(c4ccc(Cl)cc4)c4c(sc(C)c4C)-n4c(C)nnc43)C2=O)C(=O)N1. The predicted octanol–water partition coefficient (Wildman–Crippen LogP) is 5.19. The van der Waals surface area contributed by atoms with Gasteiger partial charge >= 0.3 is 0 Å². The summed E-state index contributed by atoms with van der Waals surface area (Å²) < 4.78 is 2.03. The van der Waals surface area contributed by atoms with E-state index in [-0.39, 0.29) is 36.6 Å². The summed E-state index contributed by atoms with van der Waals surface area (Å²) in [5.74, 6) is 0.765. The van der Waals surface area contributed by atoms with E-state index in [2.05, 4.69) is 51.9 Å². The van der Waals surface area contributed by atoms with Crippen LogP contribution in [-0.4, -0.2) is 74.7 Å². The molecule has 0 saturated carbocycles. The van der Waals surface area contributed by atoms with Gasteiger partial charge in [0.15, 0.2) is 5.82 Å². The van der Waals surface area contributed by atoms with E-state index in [9.17, 15) is 19.2 Å². The molecule has 13 nitrogen and oxygen atoms in total. The van der Waals surface area contributed by atoms with Gasteiger partial charge in [-0.05, 0) is 82.7 Å². The number of fused-ring (bicyclic) bond motifs is 4. The van der Waals surface area contributed by atoms with Crippen LogP contribution in [0.4, 0.5) is 0 Å². The summed E-state index contributed by atoms with van der Waals surface area (Å²) in [4.78, 5) is 60.7. The molecule has 1 unspecified atom stereocenters. The average Bonchev–Trinajstić information content (AvgIpc) is 3.85. The predicted molar refractivity (Wildman–Crippen MR) is 214 cm³/mol. The van der Waals surface area contributed by atoms with Crippen LogP contribution in [0.15, 0.2) is 46.9 Å². The molecule has 0 spiro atoms. The Balaban J connectivity index is 0.861. The Morgan fingerprint density at radius 2 is 1.84 bits per heavy atom. The summed E-state index contributed by atoms with van der Waals surface area (Å²) in [7, 11) is 0. The molecule has 0 aliphatic carbocycles. The van der Waals surface area contributed by atoms with Crippen molar-refractivity contribution >= 4 is 63.6 Å². The van der Waals surface area contributed by atoms with E-state index in [0.29, 0.717) is 61.1 Å². The molecular weight excluding hydrogens is 758 g/mol. The molecule has 7 rings (SSSR count). The van der Waals surface area contributed by atoms with Crippen LogP contribution in [0.3, 0.4) is 0 Å². The summed E-state index contributed by atoms with van der Waals surface area (Å²) in [6.07, 6.45) is 3.70. The van der Waals surface area contributed by atoms with Crippen molar-refractivity contribution in [3.63, 3.8) is 0 Å². The molecule has 4 aromatic rings. The maximum absolute atomic E-state index is 13.3. The fourth-order valence-electron chi connectivity index (χ4n) is 7.26. The Morgan fingerprint density at radius 3 is 2.64 bits per heavy atom. The number of halogens is 1. The Morgan fingerprint density at radius 1 is 1.05 bits per heavy atom. The van der Waals surface area contributed by atoms with E-state index in [4.69, 9.17) is 16.6 Å². The number of thiophene rings is 2. The molecule has 4 N–H and O–H groups in total. The van der Waals surface area contributed by atoms with Gasteiger partial charge in [-0.2, -0.15) is 0 Å². The molecule has 3 aliphatic heterocycles. The smallest absolute Gasteiger partial charge is 0.256 e. The number of carbonyl (C=O) groups excluding carboxylic acids is 4. The number of rotatable bonds is 13. The number of benzene rings is 1. The lowest BCUT2D eigenvalue weighted by molar-refractivity contribution is -0.125. The standard InChI is InChI=1S/C39H44ClN9O4S2/c1-21-8-7-9-30(37(52)44-21)48-19-27-28(38(48)53)20-54-31(27)17-43-33(51)18-41-14-5-6-15-42-32(50)16-29-36-47-46-24(4)49(36)39-34(22(2)23(3)55-39)35(45-29)25-10-12-26(40)13-11-25/h10-13,20,29-30,41H,1,5-9,14-19H2,2-4H3,(H,42,50)(H,43,51)(H,44,52)/t29-,30?/m0/s1. The second kappa shape index (κ2) is 16.6. The number of aryl methyl sites for hydroxylation is 2. The van der Waals surface area contributed by atoms with Gasteiger partial charge in [-0.3, -0.25) is 28.7 Å². The quantitative estimate of drug-likeness (QED) is 0.135. The van der Waals surface area contributed by atoms with Gasteiger partial charge in [-0.15, -0.1) is 32.9 Å². The van der Waals surface area contributed by atoms with Crippen LogP contribution in [0.2, 0.25) is 5.02 Å². The number of nitrogens with one attached hydrogen (secondary N) is 4. The van der Waals surface area contributed by atoms with Gasteiger partial charge in [-0.1, -0.05) is 30.3 Å². The fourth-order valence-corrected chi connectivity index (χ4v) is 9.57. The molecule has 16 heteroatoms. The van der Waals surface area contributed by atoms with E-state index in [0.717, 1.165) is 62.9 Å². The number of hydrogen-bond acceptors (Lipinski definition) is 10. The Hall–Kier alpha value is -4.70. The van der Waals surface area contributed by atoms with Gasteiger partial charge in [0.05, 0.1) is 30.8 Å². The number of nitrogens with zero attached hydrogens (tertiary/aromatic N) is 5. The lowest BCUT2D eigenvalue weighted by Crippen LogP contribution is -2.45. The van der Waals surface area contributed by atoms with Crippen LogP contribution in [0.25, 0.3) is 5.00 Å². The number of unbranched alkanes of at least 4 members (excludes halogenated alkanes) is 1. The largest absolute Gasteiger partial charge is 0.356 e. The zero-order valence-electron chi connectivity index (χ0n) is 31.1. The molecule has 0 radical (unpaired) electrons. The first kappa shape index (κ1) is 38.6. The van der Waals surface area contributed by atoms with Crippen LogP contribution < -0.4 is 21.3 Å². The highest BCUT2D eigenvalue weighted by atomic mass is 35.5. The summed E-state index contributed by atoms with van der Waals surface area (Å²) in [6, 6.07) is 6.54. The number of amides is 4. The Bertz CT molecular complexity index is 2190. The summed E-state index contributed by atoms with van der Waals surface area (Å²) in [5.41, 5.74) is 6.05. The van der Waals surface area contributed by atoms with Crippen molar-refractivity contribution in [2.75, 3.05) is 19.6 Å². The summed E-state index contributed by atoms with van der Waals surface area (Å²) in [5, 5.41) is 24.3. The topological polar surface area (TPSA) is 163 Å². The van der Waals surface area contributed by atoms with Crippen molar-refractivity contribution in [2.45, 2.75) is 84.5 Å². The Labute approximate surface area is 332 Å². The third-order valence-corrected chi connectivity index (χ3v) is 12.8. The first-order valence-corrected chi connectivity index (χ1v) is 20.6. The Kier molecular flexibility index (Phi) is 11.6. The number of carbonyl (C=O) groups is 4. The third kappa shape index (κ3) is 8.15. The minimum atomic E-state index is -0.537. The molecule has 3 aromatic heterocycles. The van der Waals surface area contributed by atoms with Gasteiger partial charge in [0.1, 0.15) is 22.9 Å². The van der Waals surface area contributed by atoms with Gasteiger partial charge in [0.25, 0.3) is 5.91 Å². The van der Waals surface area contributed by atoms with Crippen LogP contribution in [-0.2, 0) is 27.5 Å². The van der Waals surface area contributed by atoms with Gasteiger partial charge in [-0.25, -0.2) is 0 Å². The molecule has 6 heterocycles. The van der Waals surface area contributed by atoms with Crippen molar-refractivity contribution < 1.29 is 19.2 Å². The minimum absolute atomic E-state index is 0.117. The summed E-state index contributed by atoms with van der Waals surface area (Å²) in [6.45, 7) is 11.9. The van der Waals surface area contributed by atoms with Crippen molar-refractivity contribution in [1.29, 1.82) is 0 Å². The second-order valence-electron chi connectivity index (χ2n) is 14.1. The molecule has 288 valence electrons. The lowest BCUT2D eigenvalue weighted by Gasteiger charge is -2.25. The first-order valence-electron chi connectivity index (χ1n) is 18.5. The van der Waals surface area contributed by atoms with Crippen LogP contribution in [0, 0.1) is 20.8 Å². The van der Waals surface area contributed by atoms with Crippen molar-refractivity contribution in [1.82, 2.24) is 40.9 Å². The maximum Gasteiger partial charge on any atom is 0.256 e. The van der Waals surface area contributed by atoms with E-state index in [1.807, 2.05) is 41.1 Å². The number of allylic oxidation sites excluding steroid dienone is 1. The maximum atomic E-state index is 13.3. The van der Waals surface area contributed by atoms with Crippen molar-refractivity contribution in [3.05, 3.63) is 96.2 Å². The highest BCUT2D eigenvalue weighted by Crippen LogP contribution is 2.40. The second-order valence-corrected chi connectivity index (χ2v) is 16.7. The molecular formula is C39H44ClN9O4S2. The first-order chi connectivity index (χ1) is 26.5. The third-order valence-electron chi connectivity index (χ3n) is 10.3. The number of aliphatic imine (C=N–C) groups is 1. The monoisotopic (exact) mass is 801 g/mol. The average molecular weight is 802 g/mol. The van der Waals surface area contributed by atoms with Crippen LogP contribution >= 0.6 is 34.3 Å². The number of hydrogen-bond donors (Lipinski definition) is 4. The molecule has 0 bridgehead atoms.